The van der Waals surface area contributed by atoms with Crippen LogP contribution in [0, 0.1) is 5.82 Å². The molecule has 2 aromatic carbocycles. The molecule has 0 unspecified atom stereocenters. The molecule has 0 aliphatic rings. The first-order valence-corrected chi connectivity index (χ1v) is 6.19. The van der Waals surface area contributed by atoms with E-state index >= 15 is 0 Å². The highest BCUT2D eigenvalue weighted by Gasteiger charge is 2.12. The molecule has 3 nitrogen and oxygen atoms in total. The molecule has 1 heterocycles. The molecule has 0 bridgehead atoms. The molecule has 20 heavy (non-hydrogen) atoms. The van der Waals surface area contributed by atoms with Crippen LogP contribution in [-0.2, 0) is 6.61 Å². The Morgan fingerprint density at radius 2 is 1.85 bits per heavy atom. The molecule has 100 valence electrons. The Morgan fingerprint density at radius 3 is 2.70 bits per heavy atom. The molecular formula is C16H12FNO2. The van der Waals surface area contributed by atoms with Crippen LogP contribution in [0.2, 0.25) is 0 Å². The fourth-order valence-corrected chi connectivity index (χ4v) is 2.06. The fourth-order valence-electron chi connectivity index (χ4n) is 2.06. The van der Waals surface area contributed by atoms with Crippen LogP contribution in [0.4, 0.5) is 4.39 Å². The molecule has 3 rings (SSSR count). The Morgan fingerprint density at radius 1 is 1.05 bits per heavy atom. The molecule has 0 radical (unpaired) electrons. The molecule has 0 aliphatic carbocycles. The predicted molar refractivity (Wildman–Crippen MR) is 74.1 cm³/mol. The minimum absolute atomic E-state index is 0.0353. The van der Waals surface area contributed by atoms with E-state index in [4.69, 9.17) is 4.74 Å². The summed E-state index contributed by atoms with van der Waals surface area (Å²) in [4.78, 5) is 4.25. The number of benzene rings is 2. The van der Waals surface area contributed by atoms with E-state index in [1.54, 1.807) is 18.3 Å². The van der Waals surface area contributed by atoms with E-state index in [0.717, 1.165) is 5.39 Å². The van der Waals surface area contributed by atoms with Crippen molar-refractivity contribution in [2.24, 2.45) is 0 Å². The van der Waals surface area contributed by atoms with Crippen molar-refractivity contribution in [1.82, 2.24) is 4.98 Å². The maximum atomic E-state index is 13.9. The summed E-state index contributed by atoms with van der Waals surface area (Å²) >= 11 is 0. The highest BCUT2D eigenvalue weighted by atomic mass is 19.1. The Balaban J connectivity index is 2.10. The first-order valence-electron chi connectivity index (χ1n) is 6.19. The molecule has 0 saturated carbocycles. The summed E-state index contributed by atoms with van der Waals surface area (Å²) in [6, 6.07) is 13.6. The number of para-hydroxylation sites is 2. The molecule has 1 N–H and O–H groups in total. The van der Waals surface area contributed by atoms with Crippen molar-refractivity contribution in [3.05, 3.63) is 66.1 Å². The van der Waals surface area contributed by atoms with Crippen molar-refractivity contribution >= 4 is 10.9 Å². The second kappa shape index (κ2) is 5.27. The van der Waals surface area contributed by atoms with Gasteiger partial charge in [-0.25, -0.2) is 4.39 Å². The second-order valence-electron chi connectivity index (χ2n) is 4.32. The Labute approximate surface area is 115 Å². The third-order valence-electron chi connectivity index (χ3n) is 3.03. The zero-order chi connectivity index (χ0) is 13.9. The number of ether oxygens (including phenoxy) is 1. The average molecular weight is 269 g/mol. The summed E-state index contributed by atoms with van der Waals surface area (Å²) in [6.07, 6.45) is 1.66. The van der Waals surface area contributed by atoms with Crippen molar-refractivity contribution < 1.29 is 14.2 Å². The highest BCUT2D eigenvalue weighted by Crippen LogP contribution is 2.32. The summed E-state index contributed by atoms with van der Waals surface area (Å²) in [7, 11) is 0. The normalized spacial score (nSPS) is 10.7. The summed E-state index contributed by atoms with van der Waals surface area (Å²) in [6.45, 7) is -0.286. The van der Waals surface area contributed by atoms with Crippen molar-refractivity contribution in [2.75, 3.05) is 0 Å². The van der Waals surface area contributed by atoms with Gasteiger partial charge < -0.3 is 9.84 Å². The van der Waals surface area contributed by atoms with Gasteiger partial charge in [0.1, 0.15) is 5.52 Å². The van der Waals surface area contributed by atoms with E-state index in [1.165, 1.54) is 12.1 Å². The molecular weight excluding hydrogens is 257 g/mol. The van der Waals surface area contributed by atoms with E-state index < -0.39 is 5.82 Å². The molecule has 0 fully saturated rings. The number of hydrogen-bond donors (Lipinski definition) is 1. The van der Waals surface area contributed by atoms with Crippen molar-refractivity contribution in [1.29, 1.82) is 0 Å². The lowest BCUT2D eigenvalue weighted by atomic mass is 10.2. The first kappa shape index (κ1) is 12.6. The number of hydrogen-bond acceptors (Lipinski definition) is 3. The van der Waals surface area contributed by atoms with Gasteiger partial charge >= 0.3 is 0 Å². The first-order chi connectivity index (χ1) is 9.79. The highest BCUT2D eigenvalue weighted by molar-refractivity contribution is 5.84. The monoisotopic (exact) mass is 269 g/mol. The summed E-state index contributed by atoms with van der Waals surface area (Å²) in [5, 5.41) is 10.2. The van der Waals surface area contributed by atoms with Crippen molar-refractivity contribution in [3.8, 4) is 11.5 Å². The SMILES string of the molecule is OCc1cccc(F)c1Oc1cccc2cccnc12. The lowest BCUT2D eigenvalue weighted by Gasteiger charge is -2.12. The van der Waals surface area contributed by atoms with Crippen LogP contribution in [-0.4, -0.2) is 10.1 Å². The van der Waals surface area contributed by atoms with Crippen LogP contribution in [0.3, 0.4) is 0 Å². The Hall–Kier alpha value is -2.46. The van der Waals surface area contributed by atoms with Crippen molar-refractivity contribution in [3.63, 3.8) is 0 Å². The van der Waals surface area contributed by atoms with Gasteiger partial charge in [0.25, 0.3) is 0 Å². The third-order valence-corrected chi connectivity index (χ3v) is 3.03. The molecule has 4 heteroatoms. The Bertz CT molecular complexity index is 753. The smallest absolute Gasteiger partial charge is 0.168 e. The average Bonchev–Trinajstić information content (AvgIpc) is 2.49. The molecule has 0 aliphatic heterocycles. The van der Waals surface area contributed by atoms with Crippen LogP contribution in [0.1, 0.15) is 5.56 Å². The van der Waals surface area contributed by atoms with Gasteiger partial charge in [0.05, 0.1) is 6.61 Å². The maximum absolute atomic E-state index is 13.9. The lowest BCUT2D eigenvalue weighted by molar-refractivity contribution is 0.274. The molecule has 0 spiro atoms. The van der Waals surface area contributed by atoms with Gasteiger partial charge in [-0.2, -0.15) is 0 Å². The van der Waals surface area contributed by atoms with E-state index in [0.29, 0.717) is 16.8 Å². The minimum atomic E-state index is -0.510. The van der Waals surface area contributed by atoms with Gasteiger partial charge in [0.2, 0.25) is 0 Å². The molecule has 3 aromatic rings. The van der Waals surface area contributed by atoms with E-state index in [1.807, 2.05) is 24.3 Å². The topological polar surface area (TPSA) is 42.4 Å². The zero-order valence-corrected chi connectivity index (χ0v) is 10.6. The van der Waals surface area contributed by atoms with Crippen LogP contribution in [0.5, 0.6) is 11.5 Å². The lowest BCUT2D eigenvalue weighted by Crippen LogP contribution is -1.96. The van der Waals surface area contributed by atoms with Crippen LogP contribution < -0.4 is 4.74 Å². The number of rotatable bonds is 3. The van der Waals surface area contributed by atoms with Gasteiger partial charge in [0.15, 0.2) is 17.3 Å². The van der Waals surface area contributed by atoms with Crippen LogP contribution in [0.25, 0.3) is 10.9 Å². The summed E-state index contributed by atoms with van der Waals surface area (Å²) in [5.41, 5.74) is 1.06. The largest absolute Gasteiger partial charge is 0.452 e. The van der Waals surface area contributed by atoms with Crippen LogP contribution >= 0.6 is 0 Å². The predicted octanol–water partition coefficient (Wildman–Crippen LogP) is 3.66. The van der Waals surface area contributed by atoms with Gasteiger partial charge in [-0.3, -0.25) is 4.98 Å². The van der Waals surface area contributed by atoms with Gasteiger partial charge in [-0.1, -0.05) is 30.3 Å². The van der Waals surface area contributed by atoms with Gasteiger partial charge in [-0.05, 0) is 18.2 Å². The number of aromatic nitrogens is 1. The molecule has 0 amide bonds. The van der Waals surface area contributed by atoms with E-state index in [2.05, 4.69) is 4.98 Å². The zero-order valence-electron chi connectivity index (χ0n) is 10.6. The summed E-state index contributed by atoms with van der Waals surface area (Å²) < 4.78 is 19.5. The van der Waals surface area contributed by atoms with Crippen molar-refractivity contribution in [2.45, 2.75) is 6.61 Å². The summed E-state index contributed by atoms with van der Waals surface area (Å²) in [5.74, 6) is -0.0134. The third kappa shape index (κ3) is 2.21. The fraction of sp³-hybridized carbons (Fsp3) is 0.0625. The number of halogens is 1. The number of nitrogens with zero attached hydrogens (tertiary/aromatic N) is 1. The standard InChI is InChI=1S/C16H12FNO2/c17-13-7-1-5-12(10-19)16(13)20-14-8-2-4-11-6-3-9-18-15(11)14/h1-9,19H,10H2. The number of pyridine rings is 1. The minimum Gasteiger partial charge on any atom is -0.452 e. The Kier molecular flexibility index (Phi) is 3.31. The second-order valence-corrected chi connectivity index (χ2v) is 4.32. The van der Waals surface area contributed by atoms with Gasteiger partial charge in [0, 0.05) is 17.1 Å². The molecule has 0 saturated heterocycles. The number of fused-ring (bicyclic) bond motifs is 1. The number of aliphatic hydroxyl groups excluding tert-OH is 1. The quantitative estimate of drug-likeness (QED) is 0.789. The van der Waals surface area contributed by atoms with E-state index in [9.17, 15) is 9.50 Å². The van der Waals surface area contributed by atoms with Gasteiger partial charge in [-0.15, -0.1) is 0 Å². The number of aliphatic hydroxyl groups is 1. The maximum Gasteiger partial charge on any atom is 0.168 e. The molecule has 0 atom stereocenters. The van der Waals surface area contributed by atoms with E-state index in [-0.39, 0.29) is 12.4 Å². The van der Waals surface area contributed by atoms with Crippen LogP contribution in [0.15, 0.2) is 54.7 Å². The molecule has 1 aromatic heterocycles.